The second-order valence-electron chi connectivity index (χ2n) is 3.56. The lowest BCUT2D eigenvalue weighted by atomic mass is 10.2. The smallest absolute Gasteiger partial charge is 0.347 e. The summed E-state index contributed by atoms with van der Waals surface area (Å²) in [6.45, 7) is 0. The van der Waals surface area contributed by atoms with Gasteiger partial charge in [-0.25, -0.2) is 4.79 Å². The zero-order valence-electron chi connectivity index (χ0n) is 9.79. The van der Waals surface area contributed by atoms with Crippen LogP contribution in [0.2, 0.25) is 0 Å². The Morgan fingerprint density at radius 1 is 1.06 bits per heavy atom. The summed E-state index contributed by atoms with van der Waals surface area (Å²) in [5, 5.41) is 9.57. The molecule has 0 spiro atoms. The SMILES string of the molecule is COc1c(O)cccc1C(=O)Oc1ccccc1. The fraction of sp³-hybridized carbons (Fsp3) is 0.0714. The van der Waals surface area contributed by atoms with Gasteiger partial charge in [-0.1, -0.05) is 24.3 Å². The number of phenols is 1. The Morgan fingerprint density at radius 2 is 1.78 bits per heavy atom. The molecule has 0 aliphatic rings. The normalized spacial score (nSPS) is 9.83. The Bertz CT molecular complexity index is 549. The van der Waals surface area contributed by atoms with E-state index < -0.39 is 5.97 Å². The number of para-hydroxylation sites is 2. The van der Waals surface area contributed by atoms with Gasteiger partial charge in [0, 0.05) is 0 Å². The van der Waals surface area contributed by atoms with Gasteiger partial charge in [-0.15, -0.1) is 0 Å². The Hall–Kier alpha value is -2.49. The molecule has 0 aromatic heterocycles. The first-order valence-electron chi connectivity index (χ1n) is 5.35. The number of hydrogen-bond acceptors (Lipinski definition) is 4. The van der Waals surface area contributed by atoms with Crippen LogP contribution in [0.1, 0.15) is 10.4 Å². The Kier molecular flexibility index (Phi) is 3.48. The van der Waals surface area contributed by atoms with E-state index in [2.05, 4.69) is 0 Å². The van der Waals surface area contributed by atoms with Crippen molar-refractivity contribution in [3.8, 4) is 17.2 Å². The number of carbonyl (C=O) groups excluding carboxylic acids is 1. The molecule has 0 atom stereocenters. The first-order chi connectivity index (χ1) is 8.72. The summed E-state index contributed by atoms with van der Waals surface area (Å²) < 4.78 is 10.2. The molecule has 4 heteroatoms. The number of aromatic hydroxyl groups is 1. The van der Waals surface area contributed by atoms with Crippen LogP contribution < -0.4 is 9.47 Å². The molecule has 0 aliphatic heterocycles. The van der Waals surface area contributed by atoms with Crippen molar-refractivity contribution in [3.05, 3.63) is 54.1 Å². The van der Waals surface area contributed by atoms with Crippen LogP contribution in [0, 0.1) is 0 Å². The van der Waals surface area contributed by atoms with E-state index in [-0.39, 0.29) is 17.1 Å². The van der Waals surface area contributed by atoms with Crippen LogP contribution in [-0.2, 0) is 0 Å². The fourth-order valence-corrected chi connectivity index (χ4v) is 1.55. The van der Waals surface area contributed by atoms with Crippen molar-refractivity contribution in [3.63, 3.8) is 0 Å². The standard InChI is InChI=1S/C14H12O4/c1-17-13-11(8-5-9-12(13)15)14(16)18-10-6-3-2-4-7-10/h2-9,15H,1H3. The van der Waals surface area contributed by atoms with Gasteiger partial charge in [0.15, 0.2) is 11.5 Å². The second-order valence-corrected chi connectivity index (χ2v) is 3.56. The molecule has 2 aromatic carbocycles. The molecule has 2 rings (SSSR count). The minimum atomic E-state index is -0.575. The van der Waals surface area contributed by atoms with Gasteiger partial charge < -0.3 is 14.6 Å². The van der Waals surface area contributed by atoms with Crippen molar-refractivity contribution in [2.45, 2.75) is 0 Å². The predicted octanol–water partition coefficient (Wildman–Crippen LogP) is 2.62. The first-order valence-corrected chi connectivity index (χ1v) is 5.35. The van der Waals surface area contributed by atoms with Crippen LogP contribution in [-0.4, -0.2) is 18.2 Å². The van der Waals surface area contributed by atoms with E-state index in [0.29, 0.717) is 5.75 Å². The lowest BCUT2D eigenvalue weighted by Crippen LogP contribution is -2.10. The van der Waals surface area contributed by atoms with Gasteiger partial charge >= 0.3 is 5.97 Å². The van der Waals surface area contributed by atoms with E-state index in [1.165, 1.54) is 19.2 Å². The molecule has 0 amide bonds. The highest BCUT2D eigenvalue weighted by Crippen LogP contribution is 2.30. The van der Waals surface area contributed by atoms with Crippen molar-refractivity contribution < 1.29 is 19.4 Å². The number of rotatable bonds is 3. The highest BCUT2D eigenvalue weighted by molar-refractivity contribution is 5.94. The van der Waals surface area contributed by atoms with Gasteiger partial charge in [0.1, 0.15) is 11.3 Å². The zero-order valence-corrected chi connectivity index (χ0v) is 9.79. The number of benzene rings is 2. The van der Waals surface area contributed by atoms with E-state index in [0.717, 1.165) is 0 Å². The molecular formula is C14H12O4. The maximum Gasteiger partial charge on any atom is 0.347 e. The lowest BCUT2D eigenvalue weighted by molar-refractivity contribution is 0.0730. The van der Waals surface area contributed by atoms with Crippen LogP contribution in [0.5, 0.6) is 17.2 Å². The number of hydrogen-bond donors (Lipinski definition) is 1. The van der Waals surface area contributed by atoms with Gasteiger partial charge in [-0.2, -0.15) is 0 Å². The average Bonchev–Trinajstić information content (AvgIpc) is 2.39. The third-order valence-corrected chi connectivity index (χ3v) is 2.37. The average molecular weight is 244 g/mol. The topological polar surface area (TPSA) is 55.8 Å². The summed E-state index contributed by atoms with van der Waals surface area (Å²) in [6.07, 6.45) is 0. The summed E-state index contributed by atoms with van der Waals surface area (Å²) in [7, 11) is 1.38. The quantitative estimate of drug-likeness (QED) is 0.666. The number of esters is 1. The van der Waals surface area contributed by atoms with Crippen LogP contribution in [0.25, 0.3) is 0 Å². The van der Waals surface area contributed by atoms with Gasteiger partial charge in [-0.3, -0.25) is 0 Å². The molecule has 0 fully saturated rings. The summed E-state index contributed by atoms with van der Waals surface area (Å²) >= 11 is 0. The third-order valence-electron chi connectivity index (χ3n) is 2.37. The highest BCUT2D eigenvalue weighted by Gasteiger charge is 2.17. The van der Waals surface area contributed by atoms with E-state index in [1.807, 2.05) is 6.07 Å². The molecule has 0 unspecified atom stereocenters. The van der Waals surface area contributed by atoms with Crippen molar-refractivity contribution >= 4 is 5.97 Å². The minimum Gasteiger partial charge on any atom is -0.504 e. The zero-order chi connectivity index (χ0) is 13.0. The Labute approximate surface area is 104 Å². The third kappa shape index (κ3) is 2.43. The molecule has 0 heterocycles. The molecule has 18 heavy (non-hydrogen) atoms. The molecule has 2 aromatic rings. The second kappa shape index (κ2) is 5.23. The van der Waals surface area contributed by atoms with Crippen LogP contribution >= 0.6 is 0 Å². The number of methoxy groups -OCH3 is 1. The summed E-state index contributed by atoms with van der Waals surface area (Å²) in [4.78, 5) is 11.9. The number of phenolic OH excluding ortho intramolecular Hbond substituents is 1. The van der Waals surface area contributed by atoms with Gasteiger partial charge in [0.2, 0.25) is 0 Å². The summed E-state index contributed by atoms with van der Waals surface area (Å²) in [6, 6.07) is 13.2. The van der Waals surface area contributed by atoms with Crippen LogP contribution in [0.15, 0.2) is 48.5 Å². The van der Waals surface area contributed by atoms with Crippen molar-refractivity contribution in [1.29, 1.82) is 0 Å². The van der Waals surface area contributed by atoms with Gasteiger partial charge in [0.25, 0.3) is 0 Å². The molecule has 92 valence electrons. The molecule has 1 N–H and O–H groups in total. The van der Waals surface area contributed by atoms with E-state index in [9.17, 15) is 9.90 Å². The number of carbonyl (C=O) groups is 1. The fourth-order valence-electron chi connectivity index (χ4n) is 1.55. The van der Waals surface area contributed by atoms with E-state index >= 15 is 0 Å². The molecule has 0 aliphatic carbocycles. The van der Waals surface area contributed by atoms with Crippen molar-refractivity contribution in [2.75, 3.05) is 7.11 Å². The van der Waals surface area contributed by atoms with E-state index in [1.54, 1.807) is 30.3 Å². The lowest BCUT2D eigenvalue weighted by Gasteiger charge is -2.09. The maximum absolute atomic E-state index is 11.9. The molecule has 0 saturated heterocycles. The molecule has 0 bridgehead atoms. The summed E-state index contributed by atoms with van der Waals surface area (Å²) in [5.74, 6) is -0.125. The number of ether oxygens (including phenoxy) is 2. The highest BCUT2D eigenvalue weighted by atomic mass is 16.5. The van der Waals surface area contributed by atoms with Gasteiger partial charge in [-0.05, 0) is 24.3 Å². The summed E-state index contributed by atoms with van der Waals surface area (Å²) in [5.41, 5.74) is 0.182. The van der Waals surface area contributed by atoms with Gasteiger partial charge in [0.05, 0.1) is 7.11 Å². The van der Waals surface area contributed by atoms with E-state index in [4.69, 9.17) is 9.47 Å². The molecular weight excluding hydrogens is 232 g/mol. The largest absolute Gasteiger partial charge is 0.504 e. The monoisotopic (exact) mass is 244 g/mol. The van der Waals surface area contributed by atoms with Crippen LogP contribution in [0.4, 0.5) is 0 Å². The minimum absolute atomic E-state index is 0.0972. The Morgan fingerprint density at radius 3 is 2.44 bits per heavy atom. The van der Waals surface area contributed by atoms with Crippen molar-refractivity contribution in [2.24, 2.45) is 0 Å². The molecule has 0 saturated carbocycles. The maximum atomic E-state index is 11.9. The van der Waals surface area contributed by atoms with Crippen LogP contribution in [0.3, 0.4) is 0 Å². The Balaban J connectivity index is 2.27. The first kappa shape index (κ1) is 12.0. The van der Waals surface area contributed by atoms with Crippen molar-refractivity contribution in [1.82, 2.24) is 0 Å². The molecule has 0 radical (unpaired) electrons. The predicted molar refractivity (Wildman–Crippen MR) is 66.1 cm³/mol. The molecule has 4 nitrogen and oxygen atoms in total.